The number of methoxy groups -OCH3 is 1. The van der Waals surface area contributed by atoms with Gasteiger partial charge in [0, 0.05) is 0 Å². The molecule has 12 heavy (non-hydrogen) atoms. The summed E-state index contributed by atoms with van der Waals surface area (Å²) in [5.74, 6) is 0.833. The molecule has 0 fully saturated rings. The van der Waals surface area contributed by atoms with Crippen LogP contribution in [0.5, 0.6) is 5.75 Å². The summed E-state index contributed by atoms with van der Waals surface area (Å²) in [5.41, 5.74) is 2.03. The molecular formula is C9H11IO2. The van der Waals surface area contributed by atoms with Gasteiger partial charge in [0.1, 0.15) is 5.75 Å². The first-order valence-corrected chi connectivity index (χ1v) is 4.70. The summed E-state index contributed by atoms with van der Waals surface area (Å²) >= 11 is 2.17. The third-order valence-corrected chi connectivity index (χ3v) is 2.87. The van der Waals surface area contributed by atoms with Gasteiger partial charge in [-0.05, 0) is 46.7 Å². The Balaban J connectivity index is 3.22. The van der Waals surface area contributed by atoms with E-state index in [-0.39, 0.29) is 6.61 Å². The summed E-state index contributed by atoms with van der Waals surface area (Å²) in [6, 6.07) is 3.92. The van der Waals surface area contributed by atoms with E-state index in [4.69, 9.17) is 9.84 Å². The van der Waals surface area contributed by atoms with Crippen LogP contribution >= 0.6 is 22.6 Å². The van der Waals surface area contributed by atoms with Crippen LogP contribution in [0.3, 0.4) is 0 Å². The highest BCUT2D eigenvalue weighted by Crippen LogP contribution is 2.25. The van der Waals surface area contributed by atoms with Crippen molar-refractivity contribution in [2.75, 3.05) is 7.11 Å². The molecule has 3 heteroatoms. The van der Waals surface area contributed by atoms with E-state index in [0.717, 1.165) is 20.4 Å². The van der Waals surface area contributed by atoms with E-state index < -0.39 is 0 Å². The van der Waals surface area contributed by atoms with Crippen LogP contribution in [0.15, 0.2) is 12.1 Å². The Bertz CT molecular complexity index is 259. The van der Waals surface area contributed by atoms with E-state index >= 15 is 0 Å². The number of aryl methyl sites for hydroxylation is 1. The predicted octanol–water partition coefficient (Wildman–Crippen LogP) is 2.10. The van der Waals surface area contributed by atoms with Crippen molar-refractivity contribution < 1.29 is 9.84 Å². The highest BCUT2D eigenvalue weighted by molar-refractivity contribution is 14.1. The smallest absolute Gasteiger partial charge is 0.132 e. The van der Waals surface area contributed by atoms with E-state index in [2.05, 4.69) is 22.6 Å². The molecule has 2 nitrogen and oxygen atoms in total. The molecular weight excluding hydrogens is 267 g/mol. The van der Waals surface area contributed by atoms with Crippen LogP contribution in [0.25, 0.3) is 0 Å². The average Bonchev–Trinajstić information content (AvgIpc) is 2.08. The Hall–Kier alpha value is -0.290. The molecule has 1 N–H and O–H groups in total. The maximum absolute atomic E-state index is 9.00. The molecule has 0 bridgehead atoms. The molecule has 0 amide bonds. The maximum atomic E-state index is 9.00. The molecule has 0 aliphatic carbocycles. The van der Waals surface area contributed by atoms with Crippen LogP contribution in [0.2, 0.25) is 0 Å². The van der Waals surface area contributed by atoms with Gasteiger partial charge in [-0.1, -0.05) is 6.07 Å². The highest BCUT2D eigenvalue weighted by atomic mass is 127. The summed E-state index contributed by atoms with van der Waals surface area (Å²) in [4.78, 5) is 0. The molecule has 0 unspecified atom stereocenters. The number of hydrogen-bond acceptors (Lipinski definition) is 2. The molecule has 0 atom stereocenters. The molecule has 1 rings (SSSR count). The summed E-state index contributed by atoms with van der Waals surface area (Å²) < 4.78 is 6.14. The molecule has 0 heterocycles. The summed E-state index contributed by atoms with van der Waals surface area (Å²) in [5, 5.41) is 9.00. The first-order chi connectivity index (χ1) is 5.69. The van der Waals surface area contributed by atoms with E-state index in [0.29, 0.717) is 0 Å². The minimum Gasteiger partial charge on any atom is -0.496 e. The zero-order chi connectivity index (χ0) is 9.14. The number of hydrogen-bond donors (Lipinski definition) is 1. The zero-order valence-corrected chi connectivity index (χ0v) is 9.25. The number of rotatable bonds is 2. The van der Waals surface area contributed by atoms with E-state index in [1.54, 1.807) is 7.11 Å². The Morgan fingerprint density at radius 2 is 2.17 bits per heavy atom. The fourth-order valence-corrected chi connectivity index (χ4v) is 1.77. The van der Waals surface area contributed by atoms with Crippen molar-refractivity contribution in [1.29, 1.82) is 0 Å². The van der Waals surface area contributed by atoms with E-state index in [1.165, 1.54) is 0 Å². The highest BCUT2D eigenvalue weighted by Gasteiger charge is 2.05. The third-order valence-electron chi connectivity index (χ3n) is 1.65. The molecule has 0 aliphatic heterocycles. The van der Waals surface area contributed by atoms with Gasteiger partial charge in [0.15, 0.2) is 0 Å². The minimum absolute atomic E-state index is 0.0658. The van der Waals surface area contributed by atoms with Gasteiger partial charge >= 0.3 is 0 Å². The third kappa shape index (κ3) is 1.90. The number of aliphatic hydroxyl groups excluding tert-OH is 1. The van der Waals surface area contributed by atoms with Crippen molar-refractivity contribution in [2.24, 2.45) is 0 Å². The number of benzene rings is 1. The van der Waals surface area contributed by atoms with Crippen LogP contribution in [-0.2, 0) is 6.61 Å². The van der Waals surface area contributed by atoms with E-state index in [1.807, 2.05) is 19.1 Å². The fourth-order valence-electron chi connectivity index (χ4n) is 1.07. The molecule has 66 valence electrons. The number of aliphatic hydroxyl groups is 1. The predicted molar refractivity (Wildman–Crippen MR) is 56.4 cm³/mol. The second-order valence-corrected chi connectivity index (χ2v) is 3.68. The number of halogens is 1. The summed E-state index contributed by atoms with van der Waals surface area (Å²) in [6.07, 6.45) is 0. The molecule has 1 aromatic rings. The molecule has 0 aromatic heterocycles. The summed E-state index contributed by atoms with van der Waals surface area (Å²) in [6.45, 7) is 2.05. The lowest BCUT2D eigenvalue weighted by molar-refractivity contribution is 0.280. The minimum atomic E-state index is 0.0658. The van der Waals surface area contributed by atoms with Crippen LogP contribution in [0, 0.1) is 10.5 Å². The normalized spacial score (nSPS) is 10.0. The topological polar surface area (TPSA) is 29.5 Å². The monoisotopic (exact) mass is 278 g/mol. The van der Waals surface area contributed by atoms with Crippen molar-refractivity contribution in [2.45, 2.75) is 13.5 Å². The quantitative estimate of drug-likeness (QED) is 0.839. The molecule has 1 aromatic carbocycles. The fraction of sp³-hybridized carbons (Fsp3) is 0.333. The van der Waals surface area contributed by atoms with Crippen LogP contribution in [0.1, 0.15) is 11.1 Å². The standard InChI is InChI=1S/C9H11IO2/c1-6-3-7(5-11)9(10)8(4-6)12-2/h3-4,11H,5H2,1-2H3. The van der Waals surface area contributed by atoms with Gasteiger partial charge in [0.05, 0.1) is 17.3 Å². The van der Waals surface area contributed by atoms with Crippen molar-refractivity contribution in [3.63, 3.8) is 0 Å². The molecule has 0 aliphatic rings. The molecule has 0 radical (unpaired) electrons. The van der Waals surface area contributed by atoms with Crippen LogP contribution in [0.4, 0.5) is 0 Å². The summed E-state index contributed by atoms with van der Waals surface area (Å²) in [7, 11) is 1.64. The first-order valence-electron chi connectivity index (χ1n) is 3.63. The van der Waals surface area contributed by atoms with Gasteiger partial charge in [-0.2, -0.15) is 0 Å². The molecule has 0 saturated heterocycles. The Kier molecular flexibility index (Phi) is 3.34. The van der Waals surface area contributed by atoms with Gasteiger partial charge in [-0.3, -0.25) is 0 Å². The lowest BCUT2D eigenvalue weighted by Gasteiger charge is -2.08. The van der Waals surface area contributed by atoms with Gasteiger partial charge < -0.3 is 9.84 Å². The van der Waals surface area contributed by atoms with Gasteiger partial charge in [0.25, 0.3) is 0 Å². The zero-order valence-electron chi connectivity index (χ0n) is 7.10. The van der Waals surface area contributed by atoms with Crippen LogP contribution in [-0.4, -0.2) is 12.2 Å². The SMILES string of the molecule is COc1cc(C)cc(CO)c1I. The second kappa shape index (κ2) is 4.09. The average molecular weight is 278 g/mol. The first kappa shape index (κ1) is 9.80. The van der Waals surface area contributed by atoms with Gasteiger partial charge in [0.2, 0.25) is 0 Å². The number of ether oxygens (including phenoxy) is 1. The van der Waals surface area contributed by atoms with Gasteiger partial charge in [-0.15, -0.1) is 0 Å². The molecule has 0 spiro atoms. The van der Waals surface area contributed by atoms with Crippen molar-refractivity contribution in [1.82, 2.24) is 0 Å². The maximum Gasteiger partial charge on any atom is 0.132 e. The van der Waals surface area contributed by atoms with Crippen molar-refractivity contribution in [3.8, 4) is 5.75 Å². The van der Waals surface area contributed by atoms with Crippen molar-refractivity contribution >= 4 is 22.6 Å². The van der Waals surface area contributed by atoms with Crippen LogP contribution < -0.4 is 4.74 Å². The van der Waals surface area contributed by atoms with Crippen molar-refractivity contribution in [3.05, 3.63) is 26.8 Å². The Labute approximate surface area is 85.7 Å². The second-order valence-electron chi connectivity index (χ2n) is 2.60. The van der Waals surface area contributed by atoms with E-state index in [9.17, 15) is 0 Å². The Morgan fingerprint density at radius 1 is 1.50 bits per heavy atom. The largest absolute Gasteiger partial charge is 0.496 e. The Morgan fingerprint density at radius 3 is 2.67 bits per heavy atom. The molecule has 0 saturated carbocycles. The van der Waals surface area contributed by atoms with Gasteiger partial charge in [-0.25, -0.2) is 0 Å². The lowest BCUT2D eigenvalue weighted by atomic mass is 10.1. The lowest BCUT2D eigenvalue weighted by Crippen LogP contribution is -1.94.